The first-order valence-corrected chi connectivity index (χ1v) is 9.92. The van der Waals surface area contributed by atoms with E-state index in [-0.39, 0.29) is 24.0 Å². The second-order valence-corrected chi connectivity index (χ2v) is 8.66. The Hall–Kier alpha value is -1.12. The van der Waals surface area contributed by atoms with E-state index in [2.05, 4.69) is 29.4 Å². The molecule has 0 aliphatic carbocycles. The molecule has 0 bridgehead atoms. The molecule has 1 aromatic carbocycles. The summed E-state index contributed by atoms with van der Waals surface area (Å²) in [6.45, 7) is 4.50. The van der Waals surface area contributed by atoms with Crippen LogP contribution in [0, 0.1) is 11.7 Å². The van der Waals surface area contributed by atoms with Crippen molar-refractivity contribution >= 4 is 40.8 Å². The van der Waals surface area contributed by atoms with Gasteiger partial charge in [-0.05, 0) is 12.0 Å². The third kappa shape index (κ3) is 6.48. The van der Waals surface area contributed by atoms with E-state index in [1.807, 2.05) is 0 Å². The number of nitrogens with one attached hydrogen (secondary N) is 1. The second kappa shape index (κ2) is 9.24. The van der Waals surface area contributed by atoms with Gasteiger partial charge in [0.25, 0.3) is 0 Å². The summed E-state index contributed by atoms with van der Waals surface area (Å²) in [7, 11) is 0. The highest BCUT2D eigenvalue weighted by Crippen LogP contribution is 2.29. The van der Waals surface area contributed by atoms with Crippen LogP contribution in [-0.2, 0) is 11.3 Å². The Labute approximate surface area is 147 Å². The first-order chi connectivity index (χ1) is 11.0. The van der Waals surface area contributed by atoms with Gasteiger partial charge in [0.1, 0.15) is 5.82 Å². The molecule has 0 aliphatic rings. The molecule has 0 saturated heterocycles. The van der Waals surface area contributed by atoms with Gasteiger partial charge in [-0.25, -0.2) is 4.39 Å². The first kappa shape index (κ1) is 18.2. The van der Waals surface area contributed by atoms with Gasteiger partial charge in [-0.1, -0.05) is 66.9 Å². The zero-order chi connectivity index (χ0) is 16.7. The summed E-state index contributed by atoms with van der Waals surface area (Å²) in [5.41, 5.74) is 0.481. The second-order valence-electron chi connectivity index (χ2n) is 5.20. The molecule has 4 nitrogen and oxygen atoms in total. The molecule has 0 atom stereocenters. The average Bonchev–Trinajstić information content (AvgIpc) is 2.98. The van der Waals surface area contributed by atoms with E-state index in [1.54, 1.807) is 30.0 Å². The zero-order valence-corrected chi connectivity index (χ0v) is 15.4. The van der Waals surface area contributed by atoms with Crippen molar-refractivity contribution in [3.05, 3.63) is 35.6 Å². The van der Waals surface area contributed by atoms with Crippen molar-refractivity contribution in [3.8, 4) is 0 Å². The van der Waals surface area contributed by atoms with Crippen LogP contribution in [0.4, 0.5) is 4.39 Å². The molecule has 23 heavy (non-hydrogen) atoms. The van der Waals surface area contributed by atoms with Gasteiger partial charge in [0.15, 0.2) is 8.68 Å². The van der Waals surface area contributed by atoms with Gasteiger partial charge in [0.2, 0.25) is 5.91 Å². The van der Waals surface area contributed by atoms with Crippen LogP contribution in [0.15, 0.2) is 32.9 Å². The predicted molar refractivity (Wildman–Crippen MR) is 94.4 cm³/mol. The van der Waals surface area contributed by atoms with Crippen molar-refractivity contribution < 1.29 is 9.18 Å². The molecule has 0 saturated carbocycles. The molecule has 1 N–H and O–H groups in total. The predicted octanol–water partition coefficient (Wildman–Crippen LogP) is 3.83. The fourth-order valence-electron chi connectivity index (χ4n) is 1.57. The molecule has 0 unspecified atom stereocenters. The summed E-state index contributed by atoms with van der Waals surface area (Å²) in [5, 5.41) is 10.9. The Balaban J connectivity index is 1.73. The Kier molecular flexibility index (Phi) is 7.32. The lowest BCUT2D eigenvalue weighted by Gasteiger charge is -2.05. The number of carbonyl (C=O) groups excluding carboxylic acids is 1. The lowest BCUT2D eigenvalue weighted by molar-refractivity contribution is -0.118. The number of benzene rings is 1. The van der Waals surface area contributed by atoms with Gasteiger partial charge in [-0.3, -0.25) is 4.79 Å². The minimum absolute atomic E-state index is 0.148. The van der Waals surface area contributed by atoms with E-state index in [0.717, 1.165) is 14.4 Å². The maximum absolute atomic E-state index is 13.4. The number of rotatable bonds is 8. The number of nitrogens with zero attached hydrogens (tertiary/aromatic N) is 2. The van der Waals surface area contributed by atoms with Gasteiger partial charge in [-0.2, -0.15) is 0 Å². The zero-order valence-electron chi connectivity index (χ0n) is 12.9. The van der Waals surface area contributed by atoms with Crippen LogP contribution in [0.3, 0.4) is 0 Å². The Bertz CT molecular complexity index is 648. The van der Waals surface area contributed by atoms with Crippen molar-refractivity contribution in [2.24, 2.45) is 5.92 Å². The van der Waals surface area contributed by atoms with E-state index in [4.69, 9.17) is 0 Å². The maximum Gasteiger partial charge on any atom is 0.230 e. The maximum atomic E-state index is 13.4. The number of thioether (sulfide) groups is 2. The number of carbonyl (C=O) groups is 1. The van der Waals surface area contributed by atoms with Crippen molar-refractivity contribution in [1.29, 1.82) is 0 Å². The van der Waals surface area contributed by atoms with Crippen LogP contribution in [0.25, 0.3) is 0 Å². The summed E-state index contributed by atoms with van der Waals surface area (Å²) in [6, 6.07) is 6.41. The number of hydrogen-bond acceptors (Lipinski definition) is 6. The number of aromatic nitrogens is 2. The summed E-state index contributed by atoms with van der Waals surface area (Å²) >= 11 is 4.53. The normalized spacial score (nSPS) is 11.0. The standard InChI is InChI=1S/C15H18FN3OS3/c1-10(2)8-21-14-18-19-15(23-14)22-9-13(20)17-7-11-5-3-4-6-12(11)16/h3-6,10H,7-9H2,1-2H3,(H,17,20). The van der Waals surface area contributed by atoms with E-state index < -0.39 is 0 Å². The monoisotopic (exact) mass is 371 g/mol. The van der Waals surface area contributed by atoms with Gasteiger partial charge >= 0.3 is 0 Å². The van der Waals surface area contributed by atoms with Crippen LogP contribution >= 0.6 is 34.9 Å². The van der Waals surface area contributed by atoms with Crippen LogP contribution in [0.2, 0.25) is 0 Å². The van der Waals surface area contributed by atoms with Crippen LogP contribution in [0.5, 0.6) is 0 Å². The van der Waals surface area contributed by atoms with Gasteiger partial charge in [0, 0.05) is 17.9 Å². The summed E-state index contributed by atoms with van der Waals surface area (Å²) in [5.74, 6) is 1.39. The number of halogens is 1. The van der Waals surface area contributed by atoms with Gasteiger partial charge < -0.3 is 5.32 Å². The highest BCUT2D eigenvalue weighted by atomic mass is 32.2. The minimum Gasteiger partial charge on any atom is -0.351 e. The molecule has 124 valence electrons. The average molecular weight is 372 g/mol. The molecule has 0 spiro atoms. The number of amides is 1. The molecule has 0 aliphatic heterocycles. The van der Waals surface area contributed by atoms with Gasteiger partial charge in [-0.15, -0.1) is 10.2 Å². The third-order valence-corrected chi connectivity index (χ3v) is 6.31. The van der Waals surface area contributed by atoms with E-state index in [0.29, 0.717) is 11.5 Å². The first-order valence-electron chi connectivity index (χ1n) is 7.14. The fourth-order valence-corrected chi connectivity index (χ4v) is 4.39. The fraction of sp³-hybridized carbons (Fsp3) is 0.400. The molecule has 2 aromatic rings. The molecule has 2 rings (SSSR count). The largest absolute Gasteiger partial charge is 0.351 e. The van der Waals surface area contributed by atoms with Crippen molar-refractivity contribution in [1.82, 2.24) is 15.5 Å². The van der Waals surface area contributed by atoms with Crippen LogP contribution < -0.4 is 5.32 Å². The minimum atomic E-state index is -0.309. The molecule has 8 heteroatoms. The Morgan fingerprint density at radius 1 is 1.26 bits per heavy atom. The lowest BCUT2D eigenvalue weighted by Crippen LogP contribution is -2.24. The van der Waals surface area contributed by atoms with E-state index in [9.17, 15) is 9.18 Å². The van der Waals surface area contributed by atoms with Crippen molar-refractivity contribution in [3.63, 3.8) is 0 Å². The van der Waals surface area contributed by atoms with Crippen molar-refractivity contribution in [2.45, 2.75) is 29.1 Å². The SMILES string of the molecule is CC(C)CSc1nnc(SCC(=O)NCc2ccccc2F)s1. The lowest BCUT2D eigenvalue weighted by atomic mass is 10.2. The molecular weight excluding hydrogens is 353 g/mol. The van der Waals surface area contributed by atoms with Gasteiger partial charge in [0.05, 0.1) is 5.75 Å². The Morgan fingerprint density at radius 3 is 2.65 bits per heavy atom. The van der Waals surface area contributed by atoms with Crippen LogP contribution in [0.1, 0.15) is 19.4 Å². The highest BCUT2D eigenvalue weighted by molar-refractivity contribution is 8.03. The van der Waals surface area contributed by atoms with E-state index in [1.165, 1.54) is 29.2 Å². The molecule has 1 heterocycles. The smallest absolute Gasteiger partial charge is 0.230 e. The van der Waals surface area contributed by atoms with E-state index >= 15 is 0 Å². The quantitative estimate of drug-likeness (QED) is 0.715. The number of hydrogen-bond donors (Lipinski definition) is 1. The molecule has 0 radical (unpaired) electrons. The highest BCUT2D eigenvalue weighted by Gasteiger charge is 2.10. The topological polar surface area (TPSA) is 54.9 Å². The molecular formula is C15H18FN3OS3. The molecule has 0 fully saturated rings. The molecule has 1 amide bonds. The third-order valence-electron chi connectivity index (χ3n) is 2.69. The summed E-state index contributed by atoms with van der Waals surface area (Å²) in [6.07, 6.45) is 0. The Morgan fingerprint density at radius 2 is 1.96 bits per heavy atom. The van der Waals surface area contributed by atoms with Crippen LogP contribution in [-0.4, -0.2) is 27.6 Å². The molecule has 1 aromatic heterocycles. The summed E-state index contributed by atoms with van der Waals surface area (Å²) in [4.78, 5) is 11.8. The summed E-state index contributed by atoms with van der Waals surface area (Å²) < 4.78 is 15.1. The van der Waals surface area contributed by atoms with Crippen molar-refractivity contribution in [2.75, 3.05) is 11.5 Å².